The highest BCUT2D eigenvalue weighted by atomic mass is 35.5. The highest BCUT2D eigenvalue weighted by Crippen LogP contribution is 2.31. The van der Waals surface area contributed by atoms with Crippen LogP contribution in [-0.4, -0.2) is 29.9 Å². The molecule has 0 aliphatic heterocycles. The Morgan fingerprint density at radius 2 is 1.93 bits per heavy atom. The average molecular weight is 398 g/mol. The van der Waals surface area contributed by atoms with E-state index in [1.165, 1.54) is 6.08 Å². The molecule has 144 valence electrons. The number of methoxy groups -OCH3 is 2. The van der Waals surface area contributed by atoms with Gasteiger partial charge < -0.3 is 14.8 Å². The summed E-state index contributed by atoms with van der Waals surface area (Å²) in [6.45, 7) is 0.521. The highest BCUT2D eigenvalue weighted by molar-refractivity contribution is 6.30. The Balaban J connectivity index is 1.70. The average Bonchev–Trinajstić information content (AvgIpc) is 3.14. The van der Waals surface area contributed by atoms with Gasteiger partial charge in [-0.3, -0.25) is 4.79 Å². The molecule has 0 spiro atoms. The summed E-state index contributed by atoms with van der Waals surface area (Å²) < 4.78 is 12.3. The SMILES string of the molecule is COc1cccc(/C=C/C(=O)Nc2ccnn2Cc2ccc(Cl)cc2)c1OC. The third-order valence-electron chi connectivity index (χ3n) is 4.06. The number of halogens is 1. The molecular weight excluding hydrogens is 378 g/mol. The van der Waals surface area contributed by atoms with Crippen LogP contribution in [-0.2, 0) is 11.3 Å². The first kappa shape index (κ1) is 19.5. The molecule has 3 rings (SSSR count). The Bertz CT molecular complexity index is 981. The zero-order valence-corrected chi connectivity index (χ0v) is 16.3. The van der Waals surface area contributed by atoms with Crippen molar-refractivity contribution in [2.75, 3.05) is 19.5 Å². The molecule has 1 amide bonds. The van der Waals surface area contributed by atoms with Gasteiger partial charge in [0.1, 0.15) is 5.82 Å². The van der Waals surface area contributed by atoms with Crippen LogP contribution in [0, 0.1) is 0 Å². The molecule has 6 nitrogen and oxygen atoms in total. The van der Waals surface area contributed by atoms with Crippen LogP contribution >= 0.6 is 11.6 Å². The first-order valence-electron chi connectivity index (χ1n) is 8.57. The number of carbonyl (C=O) groups is 1. The number of anilines is 1. The van der Waals surface area contributed by atoms with Gasteiger partial charge in [0.25, 0.3) is 0 Å². The van der Waals surface area contributed by atoms with E-state index in [1.54, 1.807) is 43.3 Å². The number of nitrogens with one attached hydrogen (secondary N) is 1. The smallest absolute Gasteiger partial charge is 0.249 e. The molecule has 0 atom stereocenters. The molecule has 0 radical (unpaired) electrons. The predicted molar refractivity (Wildman–Crippen MR) is 110 cm³/mol. The molecule has 0 unspecified atom stereocenters. The van der Waals surface area contributed by atoms with Crippen LogP contribution in [0.2, 0.25) is 5.02 Å². The van der Waals surface area contributed by atoms with Gasteiger partial charge >= 0.3 is 0 Å². The fourth-order valence-electron chi connectivity index (χ4n) is 2.70. The number of carbonyl (C=O) groups excluding carboxylic acids is 1. The van der Waals surface area contributed by atoms with Crippen molar-refractivity contribution in [2.24, 2.45) is 0 Å². The molecule has 0 aliphatic rings. The number of hydrogen-bond donors (Lipinski definition) is 1. The molecule has 0 saturated heterocycles. The molecule has 28 heavy (non-hydrogen) atoms. The number of rotatable bonds is 7. The van der Waals surface area contributed by atoms with Gasteiger partial charge in [0.15, 0.2) is 11.5 Å². The van der Waals surface area contributed by atoms with Gasteiger partial charge in [-0.1, -0.05) is 35.9 Å². The first-order chi connectivity index (χ1) is 13.6. The number of aromatic nitrogens is 2. The van der Waals surface area contributed by atoms with E-state index in [0.29, 0.717) is 28.9 Å². The van der Waals surface area contributed by atoms with Gasteiger partial charge in [-0.15, -0.1) is 0 Å². The van der Waals surface area contributed by atoms with Crippen molar-refractivity contribution in [1.29, 1.82) is 0 Å². The van der Waals surface area contributed by atoms with E-state index >= 15 is 0 Å². The van der Waals surface area contributed by atoms with Gasteiger partial charge in [0, 0.05) is 22.7 Å². The fraction of sp³-hybridized carbons (Fsp3) is 0.143. The third-order valence-corrected chi connectivity index (χ3v) is 4.31. The zero-order valence-electron chi connectivity index (χ0n) is 15.6. The van der Waals surface area contributed by atoms with Crippen molar-refractivity contribution in [3.63, 3.8) is 0 Å². The molecule has 1 aromatic heterocycles. The summed E-state index contributed by atoms with van der Waals surface area (Å²) in [5, 5.41) is 7.78. The Kier molecular flexibility index (Phi) is 6.34. The largest absolute Gasteiger partial charge is 0.493 e. The van der Waals surface area contributed by atoms with E-state index in [1.807, 2.05) is 36.4 Å². The molecular formula is C21H20ClN3O3. The maximum Gasteiger partial charge on any atom is 0.249 e. The second-order valence-electron chi connectivity index (χ2n) is 5.91. The second kappa shape index (κ2) is 9.10. The van der Waals surface area contributed by atoms with E-state index in [2.05, 4.69) is 10.4 Å². The van der Waals surface area contributed by atoms with E-state index < -0.39 is 0 Å². The van der Waals surface area contributed by atoms with Crippen LogP contribution in [0.25, 0.3) is 6.08 Å². The number of amides is 1. The van der Waals surface area contributed by atoms with Gasteiger partial charge in [-0.2, -0.15) is 5.10 Å². The van der Waals surface area contributed by atoms with Crippen molar-refractivity contribution in [1.82, 2.24) is 9.78 Å². The Labute approximate surface area is 168 Å². The molecule has 0 bridgehead atoms. The fourth-order valence-corrected chi connectivity index (χ4v) is 2.83. The summed E-state index contributed by atoms with van der Waals surface area (Å²) in [5.74, 6) is 1.50. The number of para-hydroxylation sites is 1. The minimum absolute atomic E-state index is 0.275. The summed E-state index contributed by atoms with van der Waals surface area (Å²) >= 11 is 5.92. The van der Waals surface area contributed by atoms with Crippen LogP contribution in [0.1, 0.15) is 11.1 Å². The summed E-state index contributed by atoms with van der Waals surface area (Å²) in [6.07, 6.45) is 4.76. The van der Waals surface area contributed by atoms with Crippen LogP contribution in [0.3, 0.4) is 0 Å². The Morgan fingerprint density at radius 1 is 1.14 bits per heavy atom. The molecule has 7 heteroatoms. The highest BCUT2D eigenvalue weighted by Gasteiger charge is 2.09. The molecule has 3 aromatic rings. The van der Waals surface area contributed by atoms with E-state index in [-0.39, 0.29) is 5.91 Å². The minimum Gasteiger partial charge on any atom is -0.493 e. The third kappa shape index (κ3) is 4.72. The molecule has 1 N–H and O–H groups in total. The lowest BCUT2D eigenvalue weighted by Gasteiger charge is -2.10. The summed E-state index contributed by atoms with van der Waals surface area (Å²) in [7, 11) is 3.13. The summed E-state index contributed by atoms with van der Waals surface area (Å²) in [5.41, 5.74) is 1.77. The molecule has 2 aromatic carbocycles. The standard InChI is InChI=1S/C21H20ClN3O3/c1-27-18-5-3-4-16(21(18)28-2)8-11-20(26)24-19-12-13-23-25(19)14-15-6-9-17(22)10-7-15/h3-13H,14H2,1-2H3,(H,24,26)/b11-8+. The quantitative estimate of drug-likeness (QED) is 0.605. The molecule has 0 fully saturated rings. The maximum absolute atomic E-state index is 12.4. The normalized spacial score (nSPS) is 10.8. The van der Waals surface area contributed by atoms with E-state index in [0.717, 1.165) is 11.1 Å². The van der Waals surface area contributed by atoms with Crippen LogP contribution < -0.4 is 14.8 Å². The summed E-state index contributed by atoms with van der Waals surface area (Å²) in [6, 6.07) is 14.7. The predicted octanol–water partition coefficient (Wildman–Crippen LogP) is 4.25. The number of nitrogens with zero attached hydrogens (tertiary/aromatic N) is 2. The van der Waals surface area contributed by atoms with Crippen molar-refractivity contribution < 1.29 is 14.3 Å². The Morgan fingerprint density at radius 3 is 2.64 bits per heavy atom. The lowest BCUT2D eigenvalue weighted by molar-refractivity contribution is -0.111. The number of hydrogen-bond acceptors (Lipinski definition) is 4. The van der Waals surface area contributed by atoms with Crippen LogP contribution in [0.15, 0.2) is 60.8 Å². The van der Waals surface area contributed by atoms with Gasteiger partial charge in [0.2, 0.25) is 5.91 Å². The zero-order chi connectivity index (χ0) is 19.9. The van der Waals surface area contributed by atoms with Crippen LogP contribution in [0.4, 0.5) is 5.82 Å². The van der Waals surface area contributed by atoms with Crippen molar-refractivity contribution in [3.8, 4) is 11.5 Å². The van der Waals surface area contributed by atoms with Gasteiger partial charge in [-0.05, 0) is 29.8 Å². The lowest BCUT2D eigenvalue weighted by Crippen LogP contribution is -2.13. The topological polar surface area (TPSA) is 65.4 Å². The van der Waals surface area contributed by atoms with E-state index in [9.17, 15) is 4.79 Å². The number of ether oxygens (including phenoxy) is 2. The Hall–Kier alpha value is -3.25. The summed E-state index contributed by atoms with van der Waals surface area (Å²) in [4.78, 5) is 12.4. The monoisotopic (exact) mass is 397 g/mol. The minimum atomic E-state index is -0.275. The van der Waals surface area contributed by atoms with Crippen molar-refractivity contribution in [3.05, 3.63) is 77.0 Å². The van der Waals surface area contributed by atoms with Crippen LogP contribution in [0.5, 0.6) is 11.5 Å². The van der Waals surface area contributed by atoms with Crippen molar-refractivity contribution in [2.45, 2.75) is 6.54 Å². The van der Waals surface area contributed by atoms with Gasteiger partial charge in [0.05, 0.1) is 27.0 Å². The molecule has 0 saturated carbocycles. The van der Waals surface area contributed by atoms with Crippen molar-refractivity contribution >= 4 is 29.4 Å². The second-order valence-corrected chi connectivity index (χ2v) is 6.34. The first-order valence-corrected chi connectivity index (χ1v) is 8.95. The maximum atomic E-state index is 12.4. The van der Waals surface area contributed by atoms with E-state index in [4.69, 9.17) is 21.1 Å². The lowest BCUT2D eigenvalue weighted by atomic mass is 10.1. The number of benzene rings is 2. The van der Waals surface area contributed by atoms with Gasteiger partial charge in [-0.25, -0.2) is 4.68 Å². The molecule has 0 aliphatic carbocycles. The molecule has 1 heterocycles.